The van der Waals surface area contributed by atoms with Gasteiger partial charge in [0.25, 0.3) is 0 Å². The molecule has 2 heteroatoms. The maximum atomic E-state index is 5.38. The lowest BCUT2D eigenvalue weighted by Crippen LogP contribution is -2.39. The van der Waals surface area contributed by atoms with E-state index in [4.69, 9.17) is 4.74 Å². The third-order valence-electron chi connectivity index (χ3n) is 2.53. The normalized spacial score (nSPS) is 17.1. The number of rotatable bonds is 6. The van der Waals surface area contributed by atoms with E-state index in [0.717, 1.165) is 6.42 Å². The summed E-state index contributed by atoms with van der Waals surface area (Å²) in [6, 6.07) is 1.12. The topological polar surface area (TPSA) is 21.3 Å². The fraction of sp³-hybridized carbons (Fsp3) is 1.00. The molecule has 13 heavy (non-hydrogen) atoms. The third kappa shape index (κ3) is 6.05. The van der Waals surface area contributed by atoms with Gasteiger partial charge in [0.1, 0.15) is 0 Å². The molecule has 0 fully saturated rings. The van der Waals surface area contributed by atoms with Crippen molar-refractivity contribution in [2.45, 2.75) is 65.1 Å². The Balaban J connectivity index is 3.79. The van der Waals surface area contributed by atoms with Gasteiger partial charge < -0.3 is 10.1 Å². The highest BCUT2D eigenvalue weighted by Gasteiger charge is 2.20. The van der Waals surface area contributed by atoms with Crippen molar-refractivity contribution in [1.82, 2.24) is 5.32 Å². The number of nitrogens with one attached hydrogen (secondary N) is 1. The van der Waals surface area contributed by atoms with Crippen LogP contribution in [0.15, 0.2) is 0 Å². The van der Waals surface area contributed by atoms with Crippen molar-refractivity contribution in [3.63, 3.8) is 0 Å². The SMILES string of the molecule is CC[C@@H](C)N[C@@H](C)CC(C)(C)OC. The summed E-state index contributed by atoms with van der Waals surface area (Å²) in [5, 5.41) is 3.54. The van der Waals surface area contributed by atoms with Gasteiger partial charge in [-0.25, -0.2) is 0 Å². The van der Waals surface area contributed by atoms with Crippen LogP contribution in [0.25, 0.3) is 0 Å². The summed E-state index contributed by atoms with van der Waals surface area (Å²) in [6.07, 6.45) is 2.23. The number of hydrogen-bond donors (Lipinski definition) is 1. The molecule has 80 valence electrons. The Kier molecular flexibility index (Phi) is 5.57. The van der Waals surface area contributed by atoms with Gasteiger partial charge in [0, 0.05) is 19.2 Å². The molecule has 0 bridgehead atoms. The average Bonchev–Trinajstić information content (AvgIpc) is 2.03. The van der Waals surface area contributed by atoms with E-state index in [1.165, 1.54) is 6.42 Å². The van der Waals surface area contributed by atoms with E-state index in [0.29, 0.717) is 12.1 Å². The Morgan fingerprint density at radius 3 is 2.15 bits per heavy atom. The lowest BCUT2D eigenvalue weighted by Gasteiger charge is -2.28. The molecule has 2 atom stereocenters. The molecular weight excluding hydrogens is 162 g/mol. The molecule has 2 nitrogen and oxygen atoms in total. The van der Waals surface area contributed by atoms with Gasteiger partial charge in [0.05, 0.1) is 5.60 Å². The van der Waals surface area contributed by atoms with Crippen molar-refractivity contribution < 1.29 is 4.74 Å². The molecule has 0 radical (unpaired) electrons. The fourth-order valence-electron chi connectivity index (χ4n) is 1.48. The van der Waals surface area contributed by atoms with Crippen LogP contribution in [0.2, 0.25) is 0 Å². The molecule has 0 aliphatic carbocycles. The highest BCUT2D eigenvalue weighted by molar-refractivity contribution is 4.76. The highest BCUT2D eigenvalue weighted by atomic mass is 16.5. The first-order valence-corrected chi connectivity index (χ1v) is 5.22. The Morgan fingerprint density at radius 1 is 1.23 bits per heavy atom. The highest BCUT2D eigenvalue weighted by Crippen LogP contribution is 2.15. The molecule has 0 rings (SSSR count). The van der Waals surface area contributed by atoms with Gasteiger partial charge in [-0.2, -0.15) is 0 Å². The summed E-state index contributed by atoms with van der Waals surface area (Å²) in [5.74, 6) is 0. The van der Waals surface area contributed by atoms with Gasteiger partial charge >= 0.3 is 0 Å². The monoisotopic (exact) mass is 187 g/mol. The standard InChI is InChI=1S/C11H25NO/c1-7-9(2)12-10(3)8-11(4,5)13-6/h9-10,12H,7-8H2,1-6H3/t9-,10+/m1/s1. The van der Waals surface area contributed by atoms with Crippen molar-refractivity contribution >= 4 is 0 Å². The van der Waals surface area contributed by atoms with Crippen molar-refractivity contribution in [1.29, 1.82) is 0 Å². The van der Waals surface area contributed by atoms with Gasteiger partial charge in [-0.05, 0) is 40.5 Å². The molecule has 0 spiro atoms. The lowest BCUT2D eigenvalue weighted by molar-refractivity contribution is 0.00782. The molecule has 0 aliphatic rings. The molecule has 0 aromatic carbocycles. The predicted molar refractivity (Wildman–Crippen MR) is 58.1 cm³/mol. The second-order valence-corrected chi connectivity index (χ2v) is 4.54. The molecule has 0 aromatic heterocycles. The molecule has 1 N–H and O–H groups in total. The van der Waals surface area contributed by atoms with Crippen molar-refractivity contribution in [3.05, 3.63) is 0 Å². The van der Waals surface area contributed by atoms with Crippen LogP contribution in [0.5, 0.6) is 0 Å². The Hall–Kier alpha value is -0.0800. The zero-order valence-electron chi connectivity index (χ0n) is 9.98. The smallest absolute Gasteiger partial charge is 0.0637 e. The van der Waals surface area contributed by atoms with Gasteiger partial charge in [-0.3, -0.25) is 0 Å². The molecular formula is C11H25NO. The van der Waals surface area contributed by atoms with E-state index in [1.807, 2.05) is 0 Å². The molecule has 0 saturated heterocycles. The second-order valence-electron chi connectivity index (χ2n) is 4.54. The zero-order chi connectivity index (χ0) is 10.5. The van der Waals surface area contributed by atoms with E-state index in [-0.39, 0.29) is 5.60 Å². The molecule has 0 aromatic rings. The number of methoxy groups -OCH3 is 1. The van der Waals surface area contributed by atoms with Crippen LogP contribution in [0, 0.1) is 0 Å². The first-order valence-electron chi connectivity index (χ1n) is 5.22. The second kappa shape index (κ2) is 5.61. The Morgan fingerprint density at radius 2 is 1.77 bits per heavy atom. The summed E-state index contributed by atoms with van der Waals surface area (Å²) in [7, 11) is 1.77. The van der Waals surface area contributed by atoms with Crippen molar-refractivity contribution in [3.8, 4) is 0 Å². The molecule has 0 amide bonds. The maximum absolute atomic E-state index is 5.38. The maximum Gasteiger partial charge on any atom is 0.0637 e. The van der Waals surface area contributed by atoms with Crippen LogP contribution in [-0.2, 0) is 4.74 Å². The minimum Gasteiger partial charge on any atom is -0.379 e. The van der Waals surface area contributed by atoms with Gasteiger partial charge in [0.2, 0.25) is 0 Å². The number of hydrogen-bond acceptors (Lipinski definition) is 2. The lowest BCUT2D eigenvalue weighted by atomic mass is 9.99. The van der Waals surface area contributed by atoms with E-state index in [1.54, 1.807) is 7.11 Å². The summed E-state index contributed by atoms with van der Waals surface area (Å²) >= 11 is 0. The molecule has 0 saturated carbocycles. The van der Waals surface area contributed by atoms with Crippen LogP contribution in [0.3, 0.4) is 0 Å². The van der Waals surface area contributed by atoms with Gasteiger partial charge in [-0.1, -0.05) is 6.92 Å². The summed E-state index contributed by atoms with van der Waals surface area (Å²) in [5.41, 5.74) is -0.0140. The fourth-order valence-corrected chi connectivity index (χ4v) is 1.48. The third-order valence-corrected chi connectivity index (χ3v) is 2.53. The molecule has 0 heterocycles. The quantitative estimate of drug-likeness (QED) is 0.690. The minimum absolute atomic E-state index is 0.0140. The minimum atomic E-state index is -0.0140. The summed E-state index contributed by atoms with van der Waals surface area (Å²) < 4.78 is 5.38. The summed E-state index contributed by atoms with van der Waals surface area (Å²) in [6.45, 7) is 10.9. The zero-order valence-corrected chi connectivity index (χ0v) is 9.98. The van der Waals surface area contributed by atoms with E-state index in [2.05, 4.69) is 39.9 Å². The van der Waals surface area contributed by atoms with Crippen LogP contribution in [-0.4, -0.2) is 24.8 Å². The van der Waals surface area contributed by atoms with Gasteiger partial charge in [0.15, 0.2) is 0 Å². The van der Waals surface area contributed by atoms with E-state index < -0.39 is 0 Å². The predicted octanol–water partition coefficient (Wildman–Crippen LogP) is 2.58. The van der Waals surface area contributed by atoms with E-state index in [9.17, 15) is 0 Å². The molecule has 0 unspecified atom stereocenters. The summed E-state index contributed by atoms with van der Waals surface area (Å²) in [4.78, 5) is 0. The van der Waals surface area contributed by atoms with Crippen LogP contribution >= 0.6 is 0 Å². The largest absolute Gasteiger partial charge is 0.379 e. The van der Waals surface area contributed by atoms with Crippen molar-refractivity contribution in [2.75, 3.05) is 7.11 Å². The Bertz CT molecular complexity index is 134. The Labute approximate surface area is 83.1 Å². The van der Waals surface area contributed by atoms with Crippen LogP contribution in [0.4, 0.5) is 0 Å². The van der Waals surface area contributed by atoms with Crippen LogP contribution in [0.1, 0.15) is 47.5 Å². The van der Waals surface area contributed by atoms with Crippen LogP contribution < -0.4 is 5.32 Å². The number of ether oxygens (including phenoxy) is 1. The first-order chi connectivity index (χ1) is 5.91. The van der Waals surface area contributed by atoms with Crippen molar-refractivity contribution in [2.24, 2.45) is 0 Å². The van der Waals surface area contributed by atoms with Gasteiger partial charge in [-0.15, -0.1) is 0 Å². The van der Waals surface area contributed by atoms with E-state index >= 15 is 0 Å². The first kappa shape index (κ1) is 12.9. The molecule has 0 aliphatic heterocycles. The average molecular weight is 187 g/mol.